The van der Waals surface area contributed by atoms with Crippen molar-refractivity contribution in [2.45, 2.75) is 19.5 Å². The zero-order valence-corrected chi connectivity index (χ0v) is 14.0. The lowest BCUT2D eigenvalue weighted by Crippen LogP contribution is -2.31. The average molecular weight is 331 g/mol. The molecule has 0 unspecified atom stereocenters. The molecule has 5 nitrogen and oxygen atoms in total. The van der Waals surface area contributed by atoms with Crippen LogP contribution in [-0.2, 0) is 19.5 Å². The third-order valence-corrected chi connectivity index (χ3v) is 4.60. The van der Waals surface area contributed by atoms with Crippen LogP contribution in [0.4, 0.5) is 17.3 Å². The van der Waals surface area contributed by atoms with Gasteiger partial charge in [0.15, 0.2) is 11.6 Å². The largest absolute Gasteiger partial charge is 0.393 e. The molecule has 5 heteroatoms. The molecule has 126 valence electrons. The van der Waals surface area contributed by atoms with Gasteiger partial charge in [-0.05, 0) is 23.1 Å². The summed E-state index contributed by atoms with van der Waals surface area (Å²) in [7, 11) is 0. The standard InChI is InChI=1S/C20H21N5/c21-18-19(22-12-15-6-2-1-3-7-15)23-14-24-20(18)25-11-10-16-8-4-5-9-17(16)13-25/h1-9,14H,10-13,21H2,(H,22,23,24). The number of fused-ring (bicyclic) bond motifs is 1. The normalized spacial score (nSPS) is 13.4. The van der Waals surface area contributed by atoms with Crippen molar-refractivity contribution in [2.75, 3.05) is 22.5 Å². The Morgan fingerprint density at radius 3 is 2.56 bits per heavy atom. The van der Waals surface area contributed by atoms with Crippen LogP contribution in [0.25, 0.3) is 0 Å². The third kappa shape index (κ3) is 3.26. The number of nitrogens with one attached hydrogen (secondary N) is 1. The Bertz CT molecular complexity index is 863. The minimum Gasteiger partial charge on any atom is -0.393 e. The van der Waals surface area contributed by atoms with E-state index in [1.807, 2.05) is 18.2 Å². The highest BCUT2D eigenvalue weighted by Crippen LogP contribution is 2.30. The summed E-state index contributed by atoms with van der Waals surface area (Å²) in [5, 5.41) is 3.33. The van der Waals surface area contributed by atoms with Crippen LogP contribution in [0.3, 0.4) is 0 Å². The van der Waals surface area contributed by atoms with Gasteiger partial charge in [-0.25, -0.2) is 9.97 Å². The molecule has 0 fully saturated rings. The fourth-order valence-corrected chi connectivity index (χ4v) is 3.24. The van der Waals surface area contributed by atoms with Gasteiger partial charge in [-0.15, -0.1) is 0 Å². The molecule has 2 aromatic carbocycles. The summed E-state index contributed by atoms with van der Waals surface area (Å²) in [4.78, 5) is 11.0. The Morgan fingerprint density at radius 2 is 1.72 bits per heavy atom. The van der Waals surface area contributed by atoms with Gasteiger partial charge in [0.1, 0.15) is 12.0 Å². The van der Waals surface area contributed by atoms with Crippen LogP contribution < -0.4 is 16.0 Å². The lowest BCUT2D eigenvalue weighted by Gasteiger charge is -2.30. The molecule has 1 aromatic heterocycles. The van der Waals surface area contributed by atoms with Gasteiger partial charge in [0.2, 0.25) is 0 Å². The molecule has 0 bridgehead atoms. The maximum atomic E-state index is 6.37. The Morgan fingerprint density at radius 1 is 0.960 bits per heavy atom. The summed E-state index contributed by atoms with van der Waals surface area (Å²) in [5.74, 6) is 1.49. The molecular formula is C20H21N5. The molecule has 0 amide bonds. The zero-order chi connectivity index (χ0) is 17.1. The van der Waals surface area contributed by atoms with Gasteiger partial charge < -0.3 is 16.0 Å². The third-order valence-electron chi connectivity index (χ3n) is 4.60. The van der Waals surface area contributed by atoms with Crippen LogP contribution in [-0.4, -0.2) is 16.5 Å². The minimum absolute atomic E-state index is 0.609. The van der Waals surface area contributed by atoms with Gasteiger partial charge in [-0.1, -0.05) is 54.6 Å². The second kappa shape index (κ2) is 6.81. The number of nitrogens with two attached hydrogens (primary N) is 1. The molecule has 0 radical (unpaired) electrons. The summed E-state index contributed by atoms with van der Waals surface area (Å²) >= 11 is 0. The van der Waals surface area contributed by atoms with Crippen molar-refractivity contribution in [3.63, 3.8) is 0 Å². The lowest BCUT2D eigenvalue weighted by atomic mass is 10.00. The van der Waals surface area contributed by atoms with Crippen molar-refractivity contribution in [2.24, 2.45) is 0 Å². The molecule has 3 N–H and O–H groups in total. The summed E-state index contributed by atoms with van der Waals surface area (Å²) in [5.41, 5.74) is 10.9. The van der Waals surface area contributed by atoms with E-state index >= 15 is 0 Å². The first-order valence-corrected chi connectivity index (χ1v) is 8.51. The monoisotopic (exact) mass is 331 g/mol. The van der Waals surface area contributed by atoms with Crippen LogP contribution in [0.5, 0.6) is 0 Å². The minimum atomic E-state index is 0.609. The number of hydrogen-bond donors (Lipinski definition) is 2. The smallest absolute Gasteiger partial charge is 0.157 e. The Kier molecular flexibility index (Phi) is 4.21. The molecule has 0 saturated heterocycles. The van der Waals surface area contributed by atoms with Crippen molar-refractivity contribution in [1.29, 1.82) is 0 Å². The van der Waals surface area contributed by atoms with E-state index in [-0.39, 0.29) is 0 Å². The highest BCUT2D eigenvalue weighted by atomic mass is 15.2. The van der Waals surface area contributed by atoms with Gasteiger partial charge >= 0.3 is 0 Å². The van der Waals surface area contributed by atoms with Crippen LogP contribution in [0, 0.1) is 0 Å². The van der Waals surface area contributed by atoms with E-state index in [1.165, 1.54) is 16.7 Å². The Balaban J connectivity index is 1.53. The van der Waals surface area contributed by atoms with Gasteiger partial charge in [0.25, 0.3) is 0 Å². The molecule has 1 aliphatic heterocycles. The molecule has 0 atom stereocenters. The van der Waals surface area contributed by atoms with Gasteiger partial charge in [-0.2, -0.15) is 0 Å². The number of hydrogen-bond acceptors (Lipinski definition) is 5. The fraction of sp³-hybridized carbons (Fsp3) is 0.200. The molecule has 2 heterocycles. The first kappa shape index (κ1) is 15.4. The van der Waals surface area contributed by atoms with Crippen molar-refractivity contribution >= 4 is 17.3 Å². The Labute approximate surface area is 147 Å². The molecule has 3 aromatic rings. The predicted molar refractivity (Wildman–Crippen MR) is 101 cm³/mol. The van der Waals surface area contributed by atoms with E-state index in [1.54, 1.807) is 6.33 Å². The van der Waals surface area contributed by atoms with Crippen molar-refractivity contribution in [3.05, 3.63) is 77.6 Å². The highest BCUT2D eigenvalue weighted by molar-refractivity contribution is 5.75. The second-order valence-corrected chi connectivity index (χ2v) is 6.24. The van der Waals surface area contributed by atoms with Crippen LogP contribution in [0.2, 0.25) is 0 Å². The summed E-state index contributed by atoms with van der Waals surface area (Å²) in [6, 6.07) is 18.8. The summed E-state index contributed by atoms with van der Waals surface area (Å²) in [6.07, 6.45) is 2.59. The molecule has 0 aliphatic carbocycles. The number of rotatable bonds is 4. The van der Waals surface area contributed by atoms with E-state index in [2.05, 4.69) is 56.6 Å². The molecule has 0 saturated carbocycles. The van der Waals surface area contributed by atoms with E-state index in [0.717, 1.165) is 25.3 Å². The predicted octanol–water partition coefficient (Wildman–Crippen LogP) is 3.23. The number of benzene rings is 2. The van der Waals surface area contributed by atoms with Gasteiger partial charge in [0.05, 0.1) is 0 Å². The number of nitrogens with zero attached hydrogens (tertiary/aromatic N) is 3. The summed E-state index contributed by atoms with van der Waals surface area (Å²) in [6.45, 7) is 2.43. The van der Waals surface area contributed by atoms with Crippen molar-refractivity contribution in [1.82, 2.24) is 9.97 Å². The van der Waals surface area contributed by atoms with Crippen LogP contribution >= 0.6 is 0 Å². The fourth-order valence-electron chi connectivity index (χ4n) is 3.24. The molecular weight excluding hydrogens is 310 g/mol. The van der Waals surface area contributed by atoms with Crippen molar-refractivity contribution in [3.8, 4) is 0 Å². The average Bonchev–Trinajstić information content (AvgIpc) is 2.68. The maximum Gasteiger partial charge on any atom is 0.157 e. The van der Waals surface area contributed by atoms with Crippen LogP contribution in [0.1, 0.15) is 16.7 Å². The topological polar surface area (TPSA) is 67.1 Å². The SMILES string of the molecule is Nc1c(NCc2ccccc2)ncnc1N1CCc2ccccc2C1. The molecule has 4 rings (SSSR count). The van der Waals surface area contributed by atoms with Crippen molar-refractivity contribution < 1.29 is 0 Å². The zero-order valence-electron chi connectivity index (χ0n) is 14.0. The quantitative estimate of drug-likeness (QED) is 0.768. The van der Waals surface area contributed by atoms with Crippen LogP contribution in [0.15, 0.2) is 60.9 Å². The van der Waals surface area contributed by atoms with E-state index in [0.29, 0.717) is 18.1 Å². The van der Waals surface area contributed by atoms with Gasteiger partial charge in [0, 0.05) is 19.6 Å². The van der Waals surface area contributed by atoms with E-state index in [9.17, 15) is 0 Å². The van der Waals surface area contributed by atoms with E-state index in [4.69, 9.17) is 5.73 Å². The number of anilines is 3. The molecule has 25 heavy (non-hydrogen) atoms. The van der Waals surface area contributed by atoms with Gasteiger partial charge in [-0.3, -0.25) is 0 Å². The summed E-state index contributed by atoms with van der Waals surface area (Å²) < 4.78 is 0. The second-order valence-electron chi connectivity index (χ2n) is 6.24. The maximum absolute atomic E-state index is 6.37. The number of nitrogen functional groups attached to an aromatic ring is 1. The first-order chi connectivity index (χ1) is 12.3. The first-order valence-electron chi connectivity index (χ1n) is 8.51. The highest BCUT2D eigenvalue weighted by Gasteiger charge is 2.20. The van der Waals surface area contributed by atoms with E-state index < -0.39 is 0 Å². The Hall–Kier alpha value is -3.08. The molecule has 0 spiro atoms. The number of aromatic nitrogens is 2. The molecule has 1 aliphatic rings. The lowest BCUT2D eigenvalue weighted by molar-refractivity contribution is 0.720.